The van der Waals surface area contributed by atoms with E-state index in [-0.39, 0.29) is 11.7 Å². The lowest BCUT2D eigenvalue weighted by Gasteiger charge is -2.33. The van der Waals surface area contributed by atoms with Crippen LogP contribution in [0.5, 0.6) is 0 Å². The van der Waals surface area contributed by atoms with Crippen molar-refractivity contribution < 1.29 is 17.9 Å². The first-order valence-electron chi connectivity index (χ1n) is 8.49. The number of aryl methyl sites for hydroxylation is 1. The minimum absolute atomic E-state index is 0.0527. The minimum Gasteiger partial charge on any atom is -0.378 e. The van der Waals surface area contributed by atoms with E-state index in [1.807, 2.05) is 6.92 Å². The zero-order valence-corrected chi connectivity index (χ0v) is 16.2. The van der Waals surface area contributed by atoms with Crippen LogP contribution in [0, 0.1) is 6.92 Å². The van der Waals surface area contributed by atoms with Crippen LogP contribution in [0.3, 0.4) is 0 Å². The molecule has 10 heteroatoms. The third kappa shape index (κ3) is 3.97. The van der Waals surface area contributed by atoms with Gasteiger partial charge in [-0.15, -0.1) is 0 Å². The summed E-state index contributed by atoms with van der Waals surface area (Å²) in [6.07, 6.45) is 0. The van der Waals surface area contributed by atoms with Crippen molar-refractivity contribution in [2.45, 2.75) is 13.8 Å². The summed E-state index contributed by atoms with van der Waals surface area (Å²) in [5.74, 6) is 0.0423. The number of hydrogen-bond acceptors (Lipinski definition) is 7. The molecule has 0 aliphatic carbocycles. The Hall–Kier alpha value is -1.23. The van der Waals surface area contributed by atoms with Gasteiger partial charge < -0.3 is 14.5 Å². The molecule has 1 aromatic rings. The van der Waals surface area contributed by atoms with Crippen molar-refractivity contribution in [3.8, 4) is 0 Å². The van der Waals surface area contributed by atoms with Crippen LogP contribution in [-0.2, 0) is 14.8 Å². The average molecular weight is 389 g/mol. The van der Waals surface area contributed by atoms with Gasteiger partial charge in [0.2, 0.25) is 10.0 Å². The topological polar surface area (TPSA) is 83.1 Å². The van der Waals surface area contributed by atoms with Gasteiger partial charge in [-0.3, -0.25) is 4.79 Å². The van der Waals surface area contributed by atoms with Crippen LogP contribution in [0.4, 0.5) is 5.13 Å². The van der Waals surface area contributed by atoms with Crippen molar-refractivity contribution >= 4 is 32.4 Å². The van der Waals surface area contributed by atoms with Crippen molar-refractivity contribution in [1.82, 2.24) is 14.2 Å². The lowest BCUT2D eigenvalue weighted by atomic mass is 10.3. The van der Waals surface area contributed by atoms with Crippen molar-refractivity contribution in [3.63, 3.8) is 0 Å². The number of carbonyl (C=O) groups is 1. The highest BCUT2D eigenvalue weighted by atomic mass is 32.2. The third-order valence-electron chi connectivity index (χ3n) is 4.55. The number of thiazole rings is 1. The summed E-state index contributed by atoms with van der Waals surface area (Å²) in [6, 6.07) is 0. The van der Waals surface area contributed by atoms with Crippen LogP contribution in [-0.4, -0.2) is 86.7 Å². The molecule has 0 spiro atoms. The van der Waals surface area contributed by atoms with E-state index in [0.29, 0.717) is 44.3 Å². The number of anilines is 1. The van der Waals surface area contributed by atoms with E-state index in [0.717, 1.165) is 23.9 Å². The molecule has 3 rings (SSSR count). The molecular formula is C15H24N4O4S2. The molecule has 0 saturated carbocycles. The Morgan fingerprint density at radius 1 is 1.16 bits per heavy atom. The molecule has 0 radical (unpaired) electrons. The van der Waals surface area contributed by atoms with Gasteiger partial charge in [-0.2, -0.15) is 4.31 Å². The molecule has 0 bridgehead atoms. The standard InChI is InChI=1S/C15H24N4O4S2/c1-3-25(21,22)19-6-4-17(5-7-19)14(20)13-12(2)16-15(24-13)18-8-10-23-11-9-18/h3-11H2,1-2H3. The number of hydrogen-bond donors (Lipinski definition) is 0. The Morgan fingerprint density at radius 3 is 2.40 bits per heavy atom. The minimum atomic E-state index is -3.19. The van der Waals surface area contributed by atoms with Gasteiger partial charge in [0, 0.05) is 39.3 Å². The lowest BCUT2D eigenvalue weighted by molar-refractivity contribution is 0.0702. The van der Waals surface area contributed by atoms with Gasteiger partial charge in [-0.25, -0.2) is 13.4 Å². The normalized spacial score (nSPS) is 20.1. The number of morpholine rings is 1. The molecule has 0 atom stereocenters. The van der Waals surface area contributed by atoms with Gasteiger partial charge >= 0.3 is 0 Å². The largest absolute Gasteiger partial charge is 0.378 e. The number of amides is 1. The second-order valence-electron chi connectivity index (χ2n) is 6.10. The molecule has 0 unspecified atom stereocenters. The van der Waals surface area contributed by atoms with E-state index >= 15 is 0 Å². The molecule has 3 heterocycles. The predicted octanol–water partition coefficient (Wildman–Crippen LogP) is 0.396. The van der Waals surface area contributed by atoms with Gasteiger partial charge in [0.15, 0.2) is 5.13 Å². The molecule has 0 N–H and O–H groups in total. The van der Waals surface area contributed by atoms with Gasteiger partial charge in [0.25, 0.3) is 5.91 Å². The molecule has 2 aliphatic rings. The molecule has 2 fully saturated rings. The van der Waals surface area contributed by atoms with E-state index in [1.165, 1.54) is 15.6 Å². The molecule has 25 heavy (non-hydrogen) atoms. The van der Waals surface area contributed by atoms with Crippen LogP contribution in [0.25, 0.3) is 0 Å². The van der Waals surface area contributed by atoms with Gasteiger partial charge in [-0.05, 0) is 13.8 Å². The summed E-state index contributed by atoms with van der Waals surface area (Å²) in [5, 5.41) is 0.858. The molecular weight excluding hydrogens is 364 g/mol. The molecule has 8 nitrogen and oxygen atoms in total. The molecule has 1 amide bonds. The van der Waals surface area contributed by atoms with Gasteiger partial charge in [0.1, 0.15) is 4.88 Å². The van der Waals surface area contributed by atoms with Crippen molar-refractivity contribution in [3.05, 3.63) is 10.6 Å². The summed E-state index contributed by atoms with van der Waals surface area (Å²) < 4.78 is 30.7. The first-order valence-corrected chi connectivity index (χ1v) is 10.9. The summed E-state index contributed by atoms with van der Waals surface area (Å²) in [5.41, 5.74) is 0.736. The highest BCUT2D eigenvalue weighted by Gasteiger charge is 2.30. The Morgan fingerprint density at radius 2 is 1.80 bits per heavy atom. The van der Waals surface area contributed by atoms with Crippen LogP contribution in [0.1, 0.15) is 22.3 Å². The second kappa shape index (κ2) is 7.56. The van der Waals surface area contributed by atoms with Crippen LogP contribution in [0.2, 0.25) is 0 Å². The van der Waals surface area contributed by atoms with Crippen LogP contribution in [0.15, 0.2) is 0 Å². The first-order chi connectivity index (χ1) is 11.9. The number of carbonyl (C=O) groups excluding carboxylic acids is 1. The predicted molar refractivity (Wildman–Crippen MR) is 96.8 cm³/mol. The number of aromatic nitrogens is 1. The van der Waals surface area contributed by atoms with Crippen molar-refractivity contribution in [2.24, 2.45) is 0 Å². The van der Waals surface area contributed by atoms with E-state index in [1.54, 1.807) is 11.8 Å². The summed E-state index contributed by atoms with van der Waals surface area (Å²) >= 11 is 1.41. The fourth-order valence-electron chi connectivity index (χ4n) is 2.97. The summed E-state index contributed by atoms with van der Waals surface area (Å²) in [6.45, 7) is 7.97. The maximum atomic E-state index is 12.8. The second-order valence-corrected chi connectivity index (χ2v) is 9.34. The van der Waals surface area contributed by atoms with E-state index in [4.69, 9.17) is 4.74 Å². The first kappa shape index (κ1) is 18.6. The highest BCUT2D eigenvalue weighted by molar-refractivity contribution is 7.89. The monoisotopic (exact) mass is 388 g/mol. The van der Waals surface area contributed by atoms with Gasteiger partial charge in [0.05, 0.1) is 24.7 Å². The van der Waals surface area contributed by atoms with E-state index in [9.17, 15) is 13.2 Å². The van der Waals surface area contributed by atoms with Crippen LogP contribution >= 0.6 is 11.3 Å². The van der Waals surface area contributed by atoms with E-state index in [2.05, 4.69) is 9.88 Å². The molecule has 0 aromatic carbocycles. The van der Waals surface area contributed by atoms with Crippen molar-refractivity contribution in [1.29, 1.82) is 0 Å². The number of piperazine rings is 1. The zero-order valence-electron chi connectivity index (χ0n) is 14.6. The lowest BCUT2D eigenvalue weighted by Crippen LogP contribution is -2.50. The Balaban J connectivity index is 1.67. The molecule has 2 saturated heterocycles. The van der Waals surface area contributed by atoms with E-state index < -0.39 is 10.0 Å². The summed E-state index contributed by atoms with van der Waals surface area (Å²) in [7, 11) is -3.19. The zero-order chi connectivity index (χ0) is 18.0. The quantitative estimate of drug-likeness (QED) is 0.742. The van der Waals surface area contributed by atoms with Gasteiger partial charge in [-0.1, -0.05) is 11.3 Å². The molecule has 2 aliphatic heterocycles. The molecule has 1 aromatic heterocycles. The third-order valence-corrected chi connectivity index (χ3v) is 7.63. The number of ether oxygens (including phenoxy) is 1. The smallest absolute Gasteiger partial charge is 0.266 e. The average Bonchev–Trinajstić information content (AvgIpc) is 3.03. The Kier molecular flexibility index (Phi) is 5.62. The maximum Gasteiger partial charge on any atom is 0.266 e. The highest BCUT2D eigenvalue weighted by Crippen LogP contribution is 2.28. The SMILES string of the molecule is CCS(=O)(=O)N1CCN(C(=O)c2sc(N3CCOCC3)nc2C)CC1. The fourth-order valence-corrected chi connectivity index (χ4v) is 5.14. The number of sulfonamides is 1. The molecule has 140 valence electrons. The number of nitrogens with zero attached hydrogens (tertiary/aromatic N) is 4. The Labute approximate surface area is 152 Å². The van der Waals surface area contributed by atoms with Crippen molar-refractivity contribution in [2.75, 3.05) is 63.1 Å². The number of rotatable bonds is 4. The van der Waals surface area contributed by atoms with Crippen LogP contribution < -0.4 is 4.90 Å². The Bertz CT molecular complexity index is 720. The fraction of sp³-hybridized carbons (Fsp3) is 0.733. The summed E-state index contributed by atoms with van der Waals surface area (Å²) in [4.78, 5) is 21.9. The maximum absolute atomic E-state index is 12.8.